The Morgan fingerprint density at radius 2 is 1.91 bits per heavy atom. The van der Waals surface area contributed by atoms with Gasteiger partial charge in [0, 0.05) is 0 Å². The minimum Gasteiger partial charge on any atom is -0.0651 e. The van der Waals surface area contributed by atoms with E-state index in [1.807, 2.05) is 5.92 Å². The molecule has 1 fully saturated rings. The van der Waals surface area contributed by atoms with E-state index in [1.165, 1.54) is 19.3 Å². The van der Waals surface area contributed by atoms with E-state index in [2.05, 4.69) is 27.7 Å². The van der Waals surface area contributed by atoms with Gasteiger partial charge in [0.25, 0.3) is 0 Å². The lowest BCUT2D eigenvalue weighted by atomic mass is 9.95. The maximum Gasteiger partial charge on any atom is -0.0176 e. The fourth-order valence-electron chi connectivity index (χ4n) is 1.87. The molecule has 0 aromatic heterocycles. The maximum atomic E-state index is 2.39. The molecule has 0 spiro atoms. The van der Waals surface area contributed by atoms with Gasteiger partial charge in [0.05, 0.1) is 0 Å². The minimum absolute atomic E-state index is 0.897. The summed E-state index contributed by atoms with van der Waals surface area (Å²) >= 11 is 0. The first-order valence-electron chi connectivity index (χ1n) is 5.06. The monoisotopic (exact) mass is 153 g/mol. The molecule has 1 aliphatic rings. The van der Waals surface area contributed by atoms with Crippen molar-refractivity contribution >= 4 is 0 Å². The summed E-state index contributed by atoms with van der Waals surface area (Å²) in [4.78, 5) is 0. The smallest absolute Gasteiger partial charge is 0.0176 e. The topological polar surface area (TPSA) is 0 Å². The number of hydrogen-bond donors (Lipinski definition) is 0. The van der Waals surface area contributed by atoms with Crippen LogP contribution < -0.4 is 0 Å². The van der Waals surface area contributed by atoms with Crippen molar-refractivity contribution in [2.45, 2.75) is 47.0 Å². The Labute approximate surface area is 71.4 Å². The second-order valence-corrected chi connectivity index (χ2v) is 4.08. The first-order chi connectivity index (χ1) is 5.20. The Morgan fingerprint density at radius 1 is 1.27 bits per heavy atom. The Morgan fingerprint density at radius 3 is 2.36 bits per heavy atom. The van der Waals surface area contributed by atoms with E-state index in [9.17, 15) is 0 Å². The lowest BCUT2D eigenvalue weighted by Gasteiger charge is -2.10. The van der Waals surface area contributed by atoms with E-state index >= 15 is 0 Å². The van der Waals surface area contributed by atoms with Crippen LogP contribution in [0, 0.1) is 23.7 Å². The molecule has 11 heavy (non-hydrogen) atoms. The van der Waals surface area contributed by atoms with Crippen LogP contribution >= 0.6 is 0 Å². The average Bonchev–Trinajstić information content (AvgIpc) is 2.80. The molecule has 1 rings (SSSR count). The third kappa shape index (κ3) is 1.98. The standard InChI is InChI=1S/C11H21/c1-5-8(3)10-7-11(10)9(4)6-2/h8-10H,5-7H2,1-4H3. The molecule has 0 nitrogen and oxygen atoms in total. The molecule has 0 saturated heterocycles. The summed E-state index contributed by atoms with van der Waals surface area (Å²) in [5, 5.41) is 0. The normalized spacial score (nSPS) is 30.0. The van der Waals surface area contributed by atoms with Crippen molar-refractivity contribution < 1.29 is 0 Å². The number of hydrogen-bond acceptors (Lipinski definition) is 0. The summed E-state index contributed by atoms with van der Waals surface area (Å²) in [5.74, 6) is 4.69. The van der Waals surface area contributed by atoms with Gasteiger partial charge >= 0.3 is 0 Å². The summed E-state index contributed by atoms with van der Waals surface area (Å²) in [5.41, 5.74) is 0. The Balaban J connectivity index is 2.25. The predicted molar refractivity (Wildman–Crippen MR) is 50.3 cm³/mol. The third-order valence-corrected chi connectivity index (χ3v) is 3.35. The molecular weight excluding hydrogens is 132 g/mol. The summed E-state index contributed by atoms with van der Waals surface area (Å²) < 4.78 is 0. The van der Waals surface area contributed by atoms with Gasteiger partial charge < -0.3 is 0 Å². The van der Waals surface area contributed by atoms with E-state index in [0.29, 0.717) is 0 Å². The molecule has 3 unspecified atom stereocenters. The third-order valence-electron chi connectivity index (χ3n) is 3.35. The first kappa shape index (κ1) is 9.09. The van der Waals surface area contributed by atoms with Crippen LogP contribution in [-0.2, 0) is 0 Å². The Bertz CT molecular complexity index is 103. The van der Waals surface area contributed by atoms with Crippen LogP contribution in [0.4, 0.5) is 0 Å². The van der Waals surface area contributed by atoms with E-state index in [0.717, 1.165) is 17.8 Å². The van der Waals surface area contributed by atoms with Crippen molar-refractivity contribution in [1.82, 2.24) is 0 Å². The fraction of sp³-hybridized carbons (Fsp3) is 0.909. The van der Waals surface area contributed by atoms with Crippen molar-refractivity contribution in [3.63, 3.8) is 0 Å². The van der Waals surface area contributed by atoms with Gasteiger partial charge in [-0.2, -0.15) is 0 Å². The van der Waals surface area contributed by atoms with E-state index in [4.69, 9.17) is 0 Å². The summed E-state index contributed by atoms with van der Waals surface area (Å²) in [6.07, 6.45) is 4.12. The van der Waals surface area contributed by atoms with Gasteiger partial charge in [-0.05, 0) is 30.1 Å². The highest BCUT2D eigenvalue weighted by atomic mass is 14.5. The highest BCUT2D eigenvalue weighted by Crippen LogP contribution is 2.52. The second kappa shape index (κ2) is 3.60. The zero-order valence-corrected chi connectivity index (χ0v) is 8.35. The van der Waals surface area contributed by atoms with E-state index in [1.54, 1.807) is 0 Å². The molecule has 0 N–H and O–H groups in total. The van der Waals surface area contributed by atoms with Crippen molar-refractivity contribution in [3.05, 3.63) is 5.92 Å². The molecule has 65 valence electrons. The molecule has 0 aromatic carbocycles. The van der Waals surface area contributed by atoms with Gasteiger partial charge in [0.1, 0.15) is 0 Å². The zero-order chi connectivity index (χ0) is 8.43. The molecular formula is C11H21. The highest BCUT2D eigenvalue weighted by Gasteiger charge is 2.43. The first-order valence-corrected chi connectivity index (χ1v) is 5.06. The van der Waals surface area contributed by atoms with Crippen LogP contribution in [0.25, 0.3) is 0 Å². The largest absolute Gasteiger partial charge is 0.0651 e. The van der Waals surface area contributed by atoms with Gasteiger partial charge in [0.15, 0.2) is 0 Å². The SMILES string of the molecule is CCC(C)[C]1CC1C(C)CC. The van der Waals surface area contributed by atoms with Crippen LogP contribution in [0.5, 0.6) is 0 Å². The predicted octanol–water partition coefficient (Wildman–Crippen LogP) is 3.67. The van der Waals surface area contributed by atoms with Crippen molar-refractivity contribution in [3.8, 4) is 0 Å². The summed E-state index contributed by atoms with van der Waals surface area (Å²) in [6.45, 7) is 9.36. The molecule has 0 aromatic rings. The maximum absolute atomic E-state index is 2.39. The van der Waals surface area contributed by atoms with E-state index in [-0.39, 0.29) is 0 Å². The summed E-state index contributed by atoms with van der Waals surface area (Å²) in [6, 6.07) is 0. The lowest BCUT2D eigenvalue weighted by Crippen LogP contribution is -2.01. The van der Waals surface area contributed by atoms with Crippen molar-refractivity contribution in [1.29, 1.82) is 0 Å². The van der Waals surface area contributed by atoms with Crippen LogP contribution in [-0.4, -0.2) is 0 Å². The molecule has 1 radical (unpaired) electrons. The van der Waals surface area contributed by atoms with Gasteiger partial charge in [0.2, 0.25) is 0 Å². The Hall–Kier alpha value is 0. The van der Waals surface area contributed by atoms with E-state index < -0.39 is 0 Å². The Kier molecular flexibility index (Phi) is 2.98. The molecule has 1 aliphatic carbocycles. The van der Waals surface area contributed by atoms with Gasteiger partial charge in [-0.3, -0.25) is 0 Å². The van der Waals surface area contributed by atoms with Crippen LogP contribution in [0.1, 0.15) is 47.0 Å². The van der Waals surface area contributed by atoms with Gasteiger partial charge in [-0.1, -0.05) is 40.5 Å². The fourth-order valence-corrected chi connectivity index (χ4v) is 1.87. The van der Waals surface area contributed by atoms with Crippen LogP contribution in [0.3, 0.4) is 0 Å². The molecule has 0 amide bonds. The quantitative estimate of drug-likeness (QED) is 0.578. The second-order valence-electron chi connectivity index (χ2n) is 4.08. The lowest BCUT2D eigenvalue weighted by molar-refractivity contribution is 0.474. The zero-order valence-electron chi connectivity index (χ0n) is 8.35. The van der Waals surface area contributed by atoms with Crippen LogP contribution in [0.2, 0.25) is 0 Å². The summed E-state index contributed by atoms with van der Waals surface area (Å²) in [7, 11) is 0. The molecule has 1 saturated carbocycles. The van der Waals surface area contributed by atoms with Crippen molar-refractivity contribution in [2.75, 3.05) is 0 Å². The average molecular weight is 153 g/mol. The van der Waals surface area contributed by atoms with Crippen LogP contribution in [0.15, 0.2) is 0 Å². The van der Waals surface area contributed by atoms with Crippen molar-refractivity contribution in [2.24, 2.45) is 17.8 Å². The molecule has 0 heteroatoms. The molecule has 0 heterocycles. The molecule has 3 atom stereocenters. The highest BCUT2D eigenvalue weighted by molar-refractivity contribution is 5.17. The molecule has 0 aliphatic heterocycles. The molecule has 0 bridgehead atoms. The van der Waals surface area contributed by atoms with Gasteiger partial charge in [-0.25, -0.2) is 0 Å². The van der Waals surface area contributed by atoms with Gasteiger partial charge in [-0.15, -0.1) is 0 Å². The minimum atomic E-state index is 0.897. The number of rotatable bonds is 4.